The van der Waals surface area contributed by atoms with Gasteiger partial charge in [-0.3, -0.25) is 4.79 Å². The second-order valence-electron chi connectivity index (χ2n) is 11.2. The number of hydrogen-bond acceptors (Lipinski definition) is 6. The summed E-state index contributed by atoms with van der Waals surface area (Å²) in [6.45, 7) is 2.99. The van der Waals surface area contributed by atoms with E-state index >= 15 is 0 Å². The highest BCUT2D eigenvalue weighted by molar-refractivity contribution is 5.73. The van der Waals surface area contributed by atoms with Crippen LogP contribution in [0.25, 0.3) is 0 Å². The van der Waals surface area contributed by atoms with E-state index in [2.05, 4.69) is 5.32 Å². The fraction of sp³-hybridized carbons (Fsp3) is 0.457. The summed E-state index contributed by atoms with van der Waals surface area (Å²) in [4.78, 5) is 12.5. The number of benzene rings is 3. The lowest BCUT2D eigenvalue weighted by Crippen LogP contribution is -2.66. The van der Waals surface area contributed by atoms with E-state index in [4.69, 9.17) is 23.7 Å². The predicted molar refractivity (Wildman–Crippen MR) is 160 cm³/mol. The fourth-order valence-electron chi connectivity index (χ4n) is 5.73. The van der Waals surface area contributed by atoms with Gasteiger partial charge in [0.15, 0.2) is 6.29 Å². The van der Waals surface area contributed by atoms with Gasteiger partial charge in [0.05, 0.1) is 32.5 Å². The molecule has 2 fully saturated rings. The van der Waals surface area contributed by atoms with Crippen molar-refractivity contribution in [1.29, 1.82) is 0 Å². The molecule has 42 heavy (non-hydrogen) atoms. The van der Waals surface area contributed by atoms with Crippen molar-refractivity contribution in [3.05, 3.63) is 108 Å². The standard InChI is InChI=1S/C35H43NO6/c1-26(37)36-32-34(40-24-29-18-10-4-11-19-29)33(39-23-28-16-8-3-9-17-28)31(25-38-22-27-14-6-2-7-15-27)42-35(32)41-30-20-12-5-13-21-30/h2-4,6-11,14-19,30-35H,5,12-13,20-25H2,1H3,(H,36,37)/t31-,32-,33-,34-,35?/m1/s1. The Morgan fingerprint density at radius 2 is 1.26 bits per heavy atom. The van der Waals surface area contributed by atoms with Crippen molar-refractivity contribution in [3.63, 3.8) is 0 Å². The lowest BCUT2D eigenvalue weighted by atomic mass is 9.94. The molecule has 1 saturated carbocycles. The van der Waals surface area contributed by atoms with Gasteiger partial charge in [-0.15, -0.1) is 0 Å². The minimum absolute atomic E-state index is 0.0717. The third kappa shape index (κ3) is 8.96. The normalized spacial score (nSPS) is 24.7. The number of ether oxygens (including phenoxy) is 5. The van der Waals surface area contributed by atoms with Crippen molar-refractivity contribution in [2.75, 3.05) is 6.61 Å². The molecule has 0 spiro atoms. The average molecular weight is 574 g/mol. The number of amides is 1. The monoisotopic (exact) mass is 573 g/mol. The van der Waals surface area contributed by atoms with Gasteiger partial charge in [0.1, 0.15) is 24.4 Å². The Kier molecular flexibility index (Phi) is 11.5. The molecule has 1 unspecified atom stereocenters. The van der Waals surface area contributed by atoms with E-state index in [0.29, 0.717) is 19.8 Å². The maximum absolute atomic E-state index is 12.5. The van der Waals surface area contributed by atoms with Gasteiger partial charge < -0.3 is 29.0 Å². The van der Waals surface area contributed by atoms with Crippen LogP contribution in [0.2, 0.25) is 0 Å². The number of nitrogens with one attached hydrogen (secondary N) is 1. The summed E-state index contributed by atoms with van der Waals surface area (Å²) in [5.41, 5.74) is 3.16. The zero-order chi connectivity index (χ0) is 29.0. The van der Waals surface area contributed by atoms with Gasteiger partial charge in [-0.05, 0) is 29.5 Å². The molecule has 1 saturated heterocycles. The maximum Gasteiger partial charge on any atom is 0.217 e. The molecule has 224 valence electrons. The highest BCUT2D eigenvalue weighted by Gasteiger charge is 2.49. The van der Waals surface area contributed by atoms with Crippen LogP contribution in [-0.4, -0.2) is 49.3 Å². The molecular formula is C35H43NO6. The van der Waals surface area contributed by atoms with Gasteiger partial charge in [0.2, 0.25) is 5.91 Å². The van der Waals surface area contributed by atoms with E-state index in [-0.39, 0.29) is 18.6 Å². The van der Waals surface area contributed by atoms with Crippen LogP contribution in [0.1, 0.15) is 55.7 Å². The first-order chi connectivity index (χ1) is 20.7. The van der Waals surface area contributed by atoms with Crippen molar-refractivity contribution in [2.45, 2.75) is 95.6 Å². The molecule has 1 aliphatic heterocycles. The first kappa shape index (κ1) is 30.4. The van der Waals surface area contributed by atoms with Gasteiger partial charge in [-0.2, -0.15) is 0 Å². The van der Waals surface area contributed by atoms with E-state index < -0.39 is 30.6 Å². The van der Waals surface area contributed by atoms with Crippen LogP contribution in [0.5, 0.6) is 0 Å². The average Bonchev–Trinajstić information content (AvgIpc) is 3.02. The summed E-state index contributed by atoms with van der Waals surface area (Å²) < 4.78 is 32.7. The van der Waals surface area contributed by atoms with Gasteiger partial charge in [-0.25, -0.2) is 0 Å². The SMILES string of the molecule is CC(=O)N[C@H]1C(OC2CCCCC2)O[C@H](COCc2ccccc2)[C@@H](OCc2ccccc2)[C@@H]1OCc1ccccc1. The highest BCUT2D eigenvalue weighted by atomic mass is 16.7. The Labute approximate surface area is 249 Å². The van der Waals surface area contributed by atoms with Crippen LogP contribution in [0.4, 0.5) is 0 Å². The Balaban J connectivity index is 1.41. The Morgan fingerprint density at radius 3 is 1.81 bits per heavy atom. The van der Waals surface area contributed by atoms with Crippen molar-refractivity contribution >= 4 is 5.91 Å². The summed E-state index contributed by atoms with van der Waals surface area (Å²) in [6.07, 6.45) is 3.27. The molecule has 0 bridgehead atoms. The van der Waals surface area contributed by atoms with E-state index in [0.717, 1.165) is 42.4 Å². The second kappa shape index (κ2) is 16.0. The van der Waals surface area contributed by atoms with Crippen molar-refractivity contribution in [1.82, 2.24) is 5.32 Å². The van der Waals surface area contributed by atoms with Crippen LogP contribution in [0, 0.1) is 0 Å². The van der Waals surface area contributed by atoms with Crippen LogP contribution in [0.15, 0.2) is 91.0 Å². The third-order valence-corrected chi connectivity index (χ3v) is 7.86. The molecule has 1 N–H and O–H groups in total. The smallest absolute Gasteiger partial charge is 0.217 e. The molecule has 1 amide bonds. The van der Waals surface area contributed by atoms with Crippen LogP contribution in [0.3, 0.4) is 0 Å². The van der Waals surface area contributed by atoms with E-state index in [1.54, 1.807) is 0 Å². The quantitative estimate of drug-likeness (QED) is 0.272. The van der Waals surface area contributed by atoms with Gasteiger partial charge in [0, 0.05) is 6.92 Å². The van der Waals surface area contributed by atoms with Gasteiger partial charge >= 0.3 is 0 Å². The van der Waals surface area contributed by atoms with Crippen LogP contribution < -0.4 is 5.32 Å². The summed E-state index contributed by atoms with van der Waals surface area (Å²) in [5, 5.41) is 3.10. The van der Waals surface area contributed by atoms with Gasteiger partial charge in [0.25, 0.3) is 0 Å². The lowest BCUT2D eigenvalue weighted by Gasteiger charge is -2.47. The Bertz CT molecular complexity index is 1190. The van der Waals surface area contributed by atoms with Crippen LogP contribution >= 0.6 is 0 Å². The zero-order valence-corrected chi connectivity index (χ0v) is 24.4. The van der Waals surface area contributed by atoms with Crippen LogP contribution in [-0.2, 0) is 48.3 Å². The van der Waals surface area contributed by atoms with Crippen molar-refractivity contribution in [2.24, 2.45) is 0 Å². The molecule has 5 rings (SSSR count). The molecular weight excluding hydrogens is 530 g/mol. The van der Waals surface area contributed by atoms with Crippen molar-refractivity contribution < 1.29 is 28.5 Å². The molecule has 1 heterocycles. The third-order valence-electron chi connectivity index (χ3n) is 7.86. The largest absolute Gasteiger partial charge is 0.374 e. The summed E-state index contributed by atoms with van der Waals surface area (Å²) in [7, 11) is 0. The molecule has 0 aromatic heterocycles. The van der Waals surface area contributed by atoms with E-state index in [9.17, 15) is 4.79 Å². The molecule has 3 aromatic carbocycles. The minimum atomic E-state index is -0.695. The number of rotatable bonds is 13. The zero-order valence-electron chi connectivity index (χ0n) is 24.4. The predicted octanol–water partition coefficient (Wildman–Crippen LogP) is 5.95. The minimum Gasteiger partial charge on any atom is -0.374 e. The number of hydrogen-bond donors (Lipinski definition) is 1. The number of carbonyl (C=O) groups excluding carboxylic acids is 1. The van der Waals surface area contributed by atoms with Crippen molar-refractivity contribution in [3.8, 4) is 0 Å². The fourth-order valence-corrected chi connectivity index (χ4v) is 5.73. The molecule has 0 radical (unpaired) electrons. The molecule has 7 nitrogen and oxygen atoms in total. The van der Waals surface area contributed by atoms with E-state index in [1.807, 2.05) is 91.0 Å². The molecule has 2 aliphatic rings. The summed E-state index contributed by atoms with van der Waals surface area (Å²) >= 11 is 0. The number of carbonyl (C=O) groups is 1. The molecule has 1 aliphatic carbocycles. The summed E-state index contributed by atoms with van der Waals surface area (Å²) in [5.74, 6) is -0.172. The highest BCUT2D eigenvalue weighted by Crippen LogP contribution is 2.32. The van der Waals surface area contributed by atoms with Gasteiger partial charge in [-0.1, -0.05) is 110 Å². The Hall–Kier alpha value is -3.07. The molecule has 7 heteroatoms. The second-order valence-corrected chi connectivity index (χ2v) is 11.2. The van der Waals surface area contributed by atoms with E-state index in [1.165, 1.54) is 13.3 Å². The lowest BCUT2D eigenvalue weighted by molar-refractivity contribution is -0.301. The first-order valence-corrected chi connectivity index (χ1v) is 15.2. The topological polar surface area (TPSA) is 75.3 Å². The maximum atomic E-state index is 12.5. The Morgan fingerprint density at radius 1 is 0.738 bits per heavy atom. The molecule has 5 atom stereocenters. The summed E-state index contributed by atoms with van der Waals surface area (Å²) in [6, 6.07) is 29.6. The molecule has 3 aromatic rings. The first-order valence-electron chi connectivity index (χ1n) is 15.2.